The zero-order valence-electron chi connectivity index (χ0n) is 9.29. The molecule has 1 aromatic rings. The molecule has 0 amide bonds. The lowest BCUT2D eigenvalue weighted by Gasteiger charge is -2.08. The molecule has 0 spiro atoms. The zero-order valence-corrected chi connectivity index (χ0v) is 9.29. The van der Waals surface area contributed by atoms with E-state index in [1.807, 2.05) is 12.3 Å². The van der Waals surface area contributed by atoms with Gasteiger partial charge in [0.25, 0.3) is 0 Å². The molecule has 0 atom stereocenters. The van der Waals surface area contributed by atoms with Gasteiger partial charge < -0.3 is 4.74 Å². The molecule has 0 saturated heterocycles. The second-order valence-corrected chi connectivity index (χ2v) is 3.97. The molecular formula is C12H19NO. The van der Waals surface area contributed by atoms with Crippen molar-refractivity contribution in [2.45, 2.75) is 33.1 Å². The van der Waals surface area contributed by atoms with Crippen molar-refractivity contribution in [3.05, 3.63) is 24.0 Å². The standard InChI is InChI=1S/C12H19NO/c1-10(2)5-4-6-11-7-8-13-9-12(11)14-3/h7-10H,4-6H2,1-3H3. The third kappa shape index (κ3) is 3.36. The van der Waals surface area contributed by atoms with Crippen molar-refractivity contribution < 1.29 is 4.74 Å². The van der Waals surface area contributed by atoms with Gasteiger partial charge in [-0.1, -0.05) is 20.3 Å². The molecule has 0 saturated carbocycles. The van der Waals surface area contributed by atoms with Crippen LogP contribution in [0.15, 0.2) is 18.5 Å². The Hall–Kier alpha value is -1.05. The first-order valence-corrected chi connectivity index (χ1v) is 5.21. The van der Waals surface area contributed by atoms with Gasteiger partial charge in [0.05, 0.1) is 13.3 Å². The predicted octanol–water partition coefficient (Wildman–Crippen LogP) is 3.07. The number of aromatic nitrogens is 1. The van der Waals surface area contributed by atoms with Crippen LogP contribution in [0.25, 0.3) is 0 Å². The second-order valence-electron chi connectivity index (χ2n) is 3.97. The molecule has 0 aliphatic carbocycles. The minimum absolute atomic E-state index is 0.780. The maximum atomic E-state index is 5.24. The fraction of sp³-hybridized carbons (Fsp3) is 0.583. The van der Waals surface area contributed by atoms with Crippen molar-refractivity contribution in [2.75, 3.05) is 7.11 Å². The fourth-order valence-corrected chi connectivity index (χ4v) is 1.50. The van der Waals surface area contributed by atoms with Crippen molar-refractivity contribution in [3.63, 3.8) is 0 Å². The van der Waals surface area contributed by atoms with E-state index in [-0.39, 0.29) is 0 Å². The van der Waals surface area contributed by atoms with Crippen LogP contribution in [0.3, 0.4) is 0 Å². The summed E-state index contributed by atoms with van der Waals surface area (Å²) in [6.45, 7) is 4.51. The molecule has 14 heavy (non-hydrogen) atoms. The quantitative estimate of drug-likeness (QED) is 0.717. The number of nitrogens with zero attached hydrogens (tertiary/aromatic N) is 1. The van der Waals surface area contributed by atoms with E-state index < -0.39 is 0 Å². The van der Waals surface area contributed by atoms with Crippen LogP contribution in [0.1, 0.15) is 32.3 Å². The smallest absolute Gasteiger partial charge is 0.140 e. The molecule has 0 aliphatic rings. The van der Waals surface area contributed by atoms with Crippen molar-refractivity contribution >= 4 is 0 Å². The molecule has 2 nitrogen and oxygen atoms in total. The molecule has 0 N–H and O–H groups in total. The Bertz CT molecular complexity index is 271. The van der Waals surface area contributed by atoms with Gasteiger partial charge in [0.1, 0.15) is 5.75 Å². The lowest BCUT2D eigenvalue weighted by atomic mass is 10.0. The number of pyridine rings is 1. The van der Waals surface area contributed by atoms with Gasteiger partial charge in [-0.05, 0) is 30.4 Å². The summed E-state index contributed by atoms with van der Waals surface area (Å²) in [5.41, 5.74) is 1.27. The minimum Gasteiger partial charge on any atom is -0.495 e. The van der Waals surface area contributed by atoms with Crippen LogP contribution in [0, 0.1) is 5.92 Å². The summed E-state index contributed by atoms with van der Waals surface area (Å²) in [6.07, 6.45) is 7.19. The molecule has 0 fully saturated rings. The number of hydrogen-bond donors (Lipinski definition) is 0. The van der Waals surface area contributed by atoms with Crippen molar-refractivity contribution in [3.8, 4) is 5.75 Å². The molecule has 0 bridgehead atoms. The zero-order chi connectivity index (χ0) is 10.4. The van der Waals surface area contributed by atoms with E-state index in [0.29, 0.717) is 0 Å². The largest absolute Gasteiger partial charge is 0.495 e. The summed E-state index contributed by atoms with van der Waals surface area (Å²) >= 11 is 0. The van der Waals surface area contributed by atoms with E-state index in [4.69, 9.17) is 4.74 Å². The maximum absolute atomic E-state index is 5.24. The Morgan fingerprint density at radius 2 is 2.21 bits per heavy atom. The number of methoxy groups -OCH3 is 1. The van der Waals surface area contributed by atoms with E-state index in [1.54, 1.807) is 13.3 Å². The van der Waals surface area contributed by atoms with Crippen molar-refractivity contribution in [1.29, 1.82) is 0 Å². The van der Waals surface area contributed by atoms with E-state index in [9.17, 15) is 0 Å². The summed E-state index contributed by atoms with van der Waals surface area (Å²) in [7, 11) is 1.70. The first-order valence-electron chi connectivity index (χ1n) is 5.21. The second kappa shape index (κ2) is 5.63. The van der Waals surface area contributed by atoms with Gasteiger partial charge in [0.15, 0.2) is 0 Å². The van der Waals surface area contributed by atoms with Crippen molar-refractivity contribution in [1.82, 2.24) is 4.98 Å². The van der Waals surface area contributed by atoms with Crippen LogP contribution in [0.5, 0.6) is 5.75 Å². The molecule has 2 heteroatoms. The van der Waals surface area contributed by atoms with Crippen molar-refractivity contribution in [2.24, 2.45) is 5.92 Å². The monoisotopic (exact) mass is 193 g/mol. The van der Waals surface area contributed by atoms with Crippen LogP contribution >= 0.6 is 0 Å². The molecule has 1 heterocycles. The Morgan fingerprint density at radius 1 is 1.43 bits per heavy atom. The van der Waals surface area contributed by atoms with Crippen LogP contribution < -0.4 is 4.74 Å². The molecule has 1 rings (SSSR count). The molecule has 0 aliphatic heterocycles. The third-order valence-electron chi connectivity index (χ3n) is 2.32. The summed E-state index contributed by atoms with van der Waals surface area (Å²) < 4.78 is 5.24. The van der Waals surface area contributed by atoms with Gasteiger partial charge in [0, 0.05) is 6.20 Å². The van der Waals surface area contributed by atoms with Crippen LogP contribution in [-0.4, -0.2) is 12.1 Å². The predicted molar refractivity (Wildman–Crippen MR) is 58.6 cm³/mol. The Kier molecular flexibility index (Phi) is 4.44. The van der Waals surface area contributed by atoms with Gasteiger partial charge in [0.2, 0.25) is 0 Å². The lowest BCUT2D eigenvalue weighted by Crippen LogP contribution is -1.95. The third-order valence-corrected chi connectivity index (χ3v) is 2.32. The van der Waals surface area contributed by atoms with Gasteiger partial charge in [-0.3, -0.25) is 4.98 Å². The first kappa shape index (κ1) is 11.0. The molecule has 0 aromatic carbocycles. The fourth-order valence-electron chi connectivity index (χ4n) is 1.50. The number of hydrogen-bond acceptors (Lipinski definition) is 2. The number of aryl methyl sites for hydroxylation is 1. The molecule has 1 aromatic heterocycles. The highest BCUT2D eigenvalue weighted by Crippen LogP contribution is 2.19. The molecule has 78 valence electrons. The van der Waals surface area contributed by atoms with E-state index in [0.717, 1.165) is 18.1 Å². The van der Waals surface area contributed by atoms with Crippen LogP contribution in [0.4, 0.5) is 0 Å². The average Bonchev–Trinajstić information content (AvgIpc) is 2.18. The van der Waals surface area contributed by atoms with Gasteiger partial charge >= 0.3 is 0 Å². The highest BCUT2D eigenvalue weighted by atomic mass is 16.5. The Labute approximate surface area is 86.3 Å². The van der Waals surface area contributed by atoms with Gasteiger partial charge in [-0.2, -0.15) is 0 Å². The summed E-state index contributed by atoms with van der Waals surface area (Å²) in [5, 5.41) is 0. The van der Waals surface area contributed by atoms with Crippen LogP contribution in [0.2, 0.25) is 0 Å². The first-order chi connectivity index (χ1) is 6.74. The van der Waals surface area contributed by atoms with E-state index >= 15 is 0 Å². The molecular weight excluding hydrogens is 174 g/mol. The maximum Gasteiger partial charge on any atom is 0.140 e. The Morgan fingerprint density at radius 3 is 2.86 bits per heavy atom. The highest BCUT2D eigenvalue weighted by Gasteiger charge is 2.02. The normalized spacial score (nSPS) is 10.6. The van der Waals surface area contributed by atoms with E-state index in [1.165, 1.54) is 18.4 Å². The lowest BCUT2D eigenvalue weighted by molar-refractivity contribution is 0.406. The highest BCUT2D eigenvalue weighted by molar-refractivity contribution is 5.29. The Balaban J connectivity index is 2.49. The number of rotatable bonds is 5. The van der Waals surface area contributed by atoms with Crippen LogP contribution in [-0.2, 0) is 6.42 Å². The van der Waals surface area contributed by atoms with E-state index in [2.05, 4.69) is 18.8 Å². The van der Waals surface area contributed by atoms with Gasteiger partial charge in [-0.25, -0.2) is 0 Å². The SMILES string of the molecule is COc1cnccc1CCCC(C)C. The average molecular weight is 193 g/mol. The molecule has 0 unspecified atom stereocenters. The summed E-state index contributed by atoms with van der Waals surface area (Å²) in [4.78, 5) is 4.03. The van der Waals surface area contributed by atoms with Gasteiger partial charge in [-0.15, -0.1) is 0 Å². The minimum atomic E-state index is 0.780. The topological polar surface area (TPSA) is 22.1 Å². The summed E-state index contributed by atoms with van der Waals surface area (Å²) in [6, 6.07) is 2.04. The number of ether oxygens (including phenoxy) is 1. The summed E-state index contributed by atoms with van der Waals surface area (Å²) in [5.74, 6) is 1.69. The molecule has 0 radical (unpaired) electrons.